The van der Waals surface area contributed by atoms with Crippen molar-refractivity contribution in [1.82, 2.24) is 14.9 Å². The number of ether oxygens (including phenoxy) is 1. The van der Waals surface area contributed by atoms with Gasteiger partial charge in [-0.05, 0) is 51.6 Å². The highest BCUT2D eigenvalue weighted by molar-refractivity contribution is 5.67. The lowest BCUT2D eigenvalue weighted by Gasteiger charge is -2.32. The Kier molecular flexibility index (Phi) is 5.48. The number of methoxy groups -OCH3 is 1. The van der Waals surface area contributed by atoms with Gasteiger partial charge in [-0.1, -0.05) is 6.42 Å². The van der Waals surface area contributed by atoms with Crippen LogP contribution in [0.15, 0.2) is 24.4 Å². The molecule has 1 aliphatic heterocycles. The van der Waals surface area contributed by atoms with Crippen LogP contribution < -0.4 is 10.1 Å². The van der Waals surface area contributed by atoms with E-state index in [9.17, 15) is 4.39 Å². The van der Waals surface area contributed by atoms with Crippen LogP contribution in [0.25, 0.3) is 11.1 Å². The standard InChI is InChI=1S/C19H25FN4O/c1-13-17(16-10-15(25-3)7-8-18(16)20)12-22-19(23-13)21-11-14-6-4-5-9-24(14)2/h7-8,10,12,14H,4-6,9,11H2,1-3H3,(H,21,22,23). The van der Waals surface area contributed by atoms with Gasteiger partial charge in [-0.2, -0.15) is 0 Å². The lowest BCUT2D eigenvalue weighted by molar-refractivity contribution is 0.194. The first-order valence-corrected chi connectivity index (χ1v) is 8.70. The summed E-state index contributed by atoms with van der Waals surface area (Å²) in [5.74, 6) is 0.888. The van der Waals surface area contributed by atoms with Gasteiger partial charge in [0.15, 0.2) is 0 Å². The number of hydrogen-bond donors (Lipinski definition) is 1. The van der Waals surface area contributed by atoms with Gasteiger partial charge in [0.2, 0.25) is 5.95 Å². The molecule has 1 aliphatic rings. The van der Waals surface area contributed by atoms with Crippen molar-refractivity contribution in [3.05, 3.63) is 35.9 Å². The third-order valence-electron chi connectivity index (χ3n) is 4.86. The van der Waals surface area contributed by atoms with Gasteiger partial charge in [0.25, 0.3) is 0 Å². The van der Waals surface area contributed by atoms with Gasteiger partial charge >= 0.3 is 0 Å². The molecule has 1 atom stereocenters. The number of nitrogens with one attached hydrogen (secondary N) is 1. The van der Waals surface area contributed by atoms with Crippen molar-refractivity contribution in [2.24, 2.45) is 0 Å². The van der Waals surface area contributed by atoms with E-state index in [-0.39, 0.29) is 5.82 Å². The van der Waals surface area contributed by atoms with Crippen LogP contribution in [0.1, 0.15) is 25.0 Å². The predicted octanol–water partition coefficient (Wildman–Crippen LogP) is 3.50. The molecule has 25 heavy (non-hydrogen) atoms. The van der Waals surface area contributed by atoms with Crippen molar-refractivity contribution in [1.29, 1.82) is 0 Å². The maximum Gasteiger partial charge on any atom is 0.222 e. The molecule has 2 aromatic rings. The van der Waals surface area contributed by atoms with Gasteiger partial charge in [0, 0.05) is 29.9 Å². The smallest absolute Gasteiger partial charge is 0.222 e. The number of nitrogens with zero attached hydrogens (tertiary/aromatic N) is 3. The van der Waals surface area contributed by atoms with Crippen molar-refractivity contribution in [2.75, 3.05) is 32.6 Å². The second-order valence-electron chi connectivity index (χ2n) is 6.55. The van der Waals surface area contributed by atoms with Gasteiger partial charge in [0.1, 0.15) is 11.6 Å². The van der Waals surface area contributed by atoms with E-state index < -0.39 is 0 Å². The molecule has 1 aromatic heterocycles. The molecule has 1 unspecified atom stereocenters. The minimum atomic E-state index is -0.308. The highest BCUT2D eigenvalue weighted by Crippen LogP contribution is 2.28. The van der Waals surface area contributed by atoms with Crippen molar-refractivity contribution in [2.45, 2.75) is 32.2 Å². The van der Waals surface area contributed by atoms with E-state index in [1.807, 2.05) is 6.92 Å². The molecule has 1 N–H and O–H groups in total. The summed E-state index contributed by atoms with van der Waals surface area (Å²) in [6.45, 7) is 3.83. The average Bonchev–Trinajstić information content (AvgIpc) is 2.62. The Labute approximate surface area is 148 Å². The van der Waals surface area contributed by atoms with Gasteiger partial charge in [0.05, 0.1) is 12.8 Å². The second kappa shape index (κ2) is 7.78. The van der Waals surface area contributed by atoms with E-state index in [0.29, 0.717) is 28.9 Å². The van der Waals surface area contributed by atoms with E-state index in [0.717, 1.165) is 18.8 Å². The molecule has 0 spiro atoms. The number of aromatic nitrogens is 2. The molecule has 0 radical (unpaired) electrons. The Morgan fingerprint density at radius 3 is 2.88 bits per heavy atom. The number of likely N-dealkylation sites (N-methyl/N-ethyl adjacent to an activating group) is 1. The molecule has 5 nitrogen and oxygen atoms in total. The Hall–Kier alpha value is -2.21. The summed E-state index contributed by atoms with van der Waals surface area (Å²) >= 11 is 0. The van der Waals surface area contributed by atoms with Crippen molar-refractivity contribution in [3.8, 4) is 16.9 Å². The van der Waals surface area contributed by atoms with Crippen LogP contribution in [-0.4, -0.2) is 48.2 Å². The van der Waals surface area contributed by atoms with Gasteiger partial charge in [-0.3, -0.25) is 0 Å². The van der Waals surface area contributed by atoms with Crippen molar-refractivity contribution < 1.29 is 9.13 Å². The third kappa shape index (κ3) is 4.07. The number of piperidine rings is 1. The fraction of sp³-hybridized carbons (Fsp3) is 0.474. The zero-order valence-electron chi connectivity index (χ0n) is 15.1. The first kappa shape index (κ1) is 17.6. The lowest BCUT2D eigenvalue weighted by atomic mass is 10.0. The number of halogens is 1. The largest absolute Gasteiger partial charge is 0.497 e. The van der Waals surface area contributed by atoms with Crippen LogP contribution >= 0.6 is 0 Å². The summed E-state index contributed by atoms with van der Waals surface area (Å²) in [6, 6.07) is 5.18. The normalized spacial score (nSPS) is 18.2. The number of anilines is 1. The maximum absolute atomic E-state index is 14.2. The first-order chi connectivity index (χ1) is 12.1. The SMILES string of the molecule is COc1ccc(F)c(-c2cnc(NCC3CCCCN3C)nc2C)c1. The third-order valence-corrected chi connectivity index (χ3v) is 4.86. The number of likely N-dealkylation sites (tertiary alicyclic amines) is 1. The summed E-state index contributed by atoms with van der Waals surface area (Å²) in [4.78, 5) is 11.3. The first-order valence-electron chi connectivity index (χ1n) is 8.70. The summed E-state index contributed by atoms with van der Waals surface area (Å²) in [7, 11) is 3.72. The molecular weight excluding hydrogens is 319 g/mol. The molecule has 1 saturated heterocycles. The van der Waals surface area contributed by atoms with Crippen LogP contribution in [0.3, 0.4) is 0 Å². The van der Waals surface area contributed by atoms with Crippen LogP contribution in [-0.2, 0) is 0 Å². The highest BCUT2D eigenvalue weighted by atomic mass is 19.1. The fourth-order valence-corrected chi connectivity index (χ4v) is 3.27. The van der Waals surface area contributed by atoms with Crippen LogP contribution in [0.2, 0.25) is 0 Å². The average molecular weight is 344 g/mol. The minimum absolute atomic E-state index is 0.308. The molecule has 0 aliphatic carbocycles. The molecular formula is C19H25FN4O. The lowest BCUT2D eigenvalue weighted by Crippen LogP contribution is -2.41. The van der Waals surface area contributed by atoms with Gasteiger partial charge in [-0.15, -0.1) is 0 Å². The monoisotopic (exact) mass is 344 g/mol. The van der Waals surface area contributed by atoms with E-state index >= 15 is 0 Å². The number of aryl methyl sites for hydroxylation is 1. The molecule has 1 fully saturated rings. The van der Waals surface area contributed by atoms with Crippen LogP contribution in [0, 0.1) is 12.7 Å². The van der Waals surface area contributed by atoms with Crippen LogP contribution in [0.5, 0.6) is 5.75 Å². The zero-order chi connectivity index (χ0) is 17.8. The van der Waals surface area contributed by atoms with E-state index in [1.165, 1.54) is 25.3 Å². The molecule has 0 amide bonds. The number of benzene rings is 1. The topological polar surface area (TPSA) is 50.3 Å². The zero-order valence-corrected chi connectivity index (χ0v) is 15.1. The van der Waals surface area contributed by atoms with Crippen molar-refractivity contribution >= 4 is 5.95 Å². The molecule has 134 valence electrons. The van der Waals surface area contributed by atoms with Gasteiger partial charge < -0.3 is 15.0 Å². The van der Waals surface area contributed by atoms with Crippen LogP contribution in [0.4, 0.5) is 10.3 Å². The number of rotatable bonds is 5. The molecule has 1 aromatic carbocycles. The Morgan fingerprint density at radius 1 is 1.32 bits per heavy atom. The Bertz CT molecular complexity index is 737. The maximum atomic E-state index is 14.2. The molecule has 6 heteroatoms. The molecule has 0 bridgehead atoms. The second-order valence-corrected chi connectivity index (χ2v) is 6.55. The number of hydrogen-bond acceptors (Lipinski definition) is 5. The molecule has 3 rings (SSSR count). The summed E-state index contributed by atoms with van der Waals surface area (Å²) in [5.41, 5.74) is 1.87. The predicted molar refractivity (Wildman–Crippen MR) is 97.5 cm³/mol. The Balaban J connectivity index is 1.75. The van der Waals surface area contributed by atoms with E-state index in [4.69, 9.17) is 4.74 Å². The molecule has 0 saturated carbocycles. The summed E-state index contributed by atoms with van der Waals surface area (Å²) in [6.07, 6.45) is 5.40. The van der Waals surface area contributed by atoms with Crippen molar-refractivity contribution in [3.63, 3.8) is 0 Å². The van der Waals surface area contributed by atoms with Gasteiger partial charge in [-0.25, -0.2) is 14.4 Å². The van der Waals surface area contributed by atoms with E-state index in [2.05, 4.69) is 27.2 Å². The quantitative estimate of drug-likeness (QED) is 0.900. The fourth-order valence-electron chi connectivity index (χ4n) is 3.27. The summed E-state index contributed by atoms with van der Waals surface area (Å²) in [5, 5.41) is 3.32. The minimum Gasteiger partial charge on any atom is -0.497 e. The van der Waals surface area contributed by atoms with E-state index in [1.54, 1.807) is 25.4 Å². The summed E-state index contributed by atoms with van der Waals surface area (Å²) < 4.78 is 19.4. The molecule has 2 heterocycles. The highest BCUT2D eigenvalue weighted by Gasteiger charge is 2.19. The Morgan fingerprint density at radius 2 is 2.16 bits per heavy atom.